The minimum Gasteiger partial charge on any atom is -0.495 e. The maximum Gasteiger partial charge on any atom is 0.340 e. The van der Waals surface area contributed by atoms with Gasteiger partial charge < -0.3 is 19.7 Å². The van der Waals surface area contributed by atoms with E-state index < -0.39 is 11.9 Å². The first kappa shape index (κ1) is 19.2. The number of nitrogens with one attached hydrogen (secondary N) is 1. The van der Waals surface area contributed by atoms with Crippen LogP contribution in [-0.2, 0) is 14.3 Å². The van der Waals surface area contributed by atoms with Crippen molar-refractivity contribution in [1.82, 2.24) is 0 Å². The fraction of sp³-hybridized carbons (Fsp3) is 0.278. The number of halogens is 1. The molecule has 0 unspecified atom stereocenters. The summed E-state index contributed by atoms with van der Waals surface area (Å²) in [6, 6.07) is 6.55. The van der Waals surface area contributed by atoms with Gasteiger partial charge in [-0.3, -0.25) is 9.59 Å². The van der Waals surface area contributed by atoms with Crippen molar-refractivity contribution in [2.24, 2.45) is 5.92 Å². The van der Waals surface area contributed by atoms with Crippen LogP contribution in [0.1, 0.15) is 16.8 Å². The molecule has 0 bridgehead atoms. The van der Waals surface area contributed by atoms with Gasteiger partial charge in [-0.15, -0.1) is 11.3 Å². The molecule has 9 heteroatoms. The second-order valence-electron chi connectivity index (χ2n) is 5.87. The average Bonchev–Trinajstić information content (AvgIpc) is 3.27. The van der Waals surface area contributed by atoms with Gasteiger partial charge in [0.2, 0.25) is 11.8 Å². The molecule has 0 aliphatic carbocycles. The van der Waals surface area contributed by atoms with Gasteiger partial charge in [-0.05, 0) is 29.6 Å². The van der Waals surface area contributed by atoms with Gasteiger partial charge in [0.25, 0.3) is 0 Å². The molecule has 1 N–H and O–H groups in total. The molecule has 7 nitrogen and oxygen atoms in total. The number of nitrogens with zero attached hydrogens (tertiary/aromatic N) is 1. The smallest absolute Gasteiger partial charge is 0.340 e. The monoisotopic (exact) mass is 408 g/mol. The van der Waals surface area contributed by atoms with Crippen molar-refractivity contribution in [3.05, 3.63) is 40.2 Å². The molecule has 1 atom stereocenters. The van der Waals surface area contributed by atoms with Crippen molar-refractivity contribution >= 4 is 51.4 Å². The molecule has 2 amide bonds. The van der Waals surface area contributed by atoms with Gasteiger partial charge in [0.1, 0.15) is 10.8 Å². The van der Waals surface area contributed by atoms with Crippen LogP contribution in [0.4, 0.5) is 10.7 Å². The van der Waals surface area contributed by atoms with Crippen LogP contribution in [-0.4, -0.2) is 38.5 Å². The number of amides is 2. The quantitative estimate of drug-likeness (QED) is 0.768. The van der Waals surface area contributed by atoms with E-state index >= 15 is 0 Å². The van der Waals surface area contributed by atoms with E-state index in [9.17, 15) is 14.4 Å². The Balaban J connectivity index is 1.76. The molecule has 142 valence electrons. The molecule has 1 aromatic heterocycles. The highest BCUT2D eigenvalue weighted by atomic mass is 35.5. The van der Waals surface area contributed by atoms with Crippen molar-refractivity contribution in [3.8, 4) is 5.75 Å². The third-order valence-corrected chi connectivity index (χ3v) is 5.30. The predicted molar refractivity (Wildman–Crippen MR) is 103 cm³/mol. The van der Waals surface area contributed by atoms with Crippen molar-refractivity contribution in [3.63, 3.8) is 0 Å². The summed E-state index contributed by atoms with van der Waals surface area (Å²) in [6.45, 7) is 0.195. The van der Waals surface area contributed by atoms with E-state index in [0.717, 1.165) is 0 Å². The summed E-state index contributed by atoms with van der Waals surface area (Å²) < 4.78 is 9.99. The first-order valence-electron chi connectivity index (χ1n) is 8.05. The van der Waals surface area contributed by atoms with Crippen LogP contribution in [0.15, 0.2) is 29.6 Å². The van der Waals surface area contributed by atoms with Crippen LogP contribution in [0.5, 0.6) is 5.75 Å². The second-order valence-corrected chi connectivity index (χ2v) is 7.22. The van der Waals surface area contributed by atoms with Crippen LogP contribution in [0.25, 0.3) is 0 Å². The number of benzene rings is 1. The predicted octanol–water partition coefficient (Wildman–Crippen LogP) is 3.19. The van der Waals surface area contributed by atoms with Gasteiger partial charge in [-0.2, -0.15) is 0 Å². The second kappa shape index (κ2) is 7.98. The van der Waals surface area contributed by atoms with Gasteiger partial charge in [0.05, 0.1) is 31.4 Å². The molecule has 3 rings (SSSR count). The first-order chi connectivity index (χ1) is 12.9. The lowest BCUT2D eigenvalue weighted by Gasteiger charge is -2.19. The zero-order chi connectivity index (χ0) is 19.6. The Morgan fingerprint density at radius 2 is 2.07 bits per heavy atom. The Labute approximate surface area is 164 Å². The largest absolute Gasteiger partial charge is 0.495 e. The Morgan fingerprint density at radius 3 is 2.78 bits per heavy atom. The molecule has 1 aliphatic rings. The van der Waals surface area contributed by atoms with Crippen molar-refractivity contribution in [2.75, 3.05) is 31.0 Å². The van der Waals surface area contributed by atoms with E-state index in [0.29, 0.717) is 21.5 Å². The molecule has 1 aliphatic heterocycles. The maximum absolute atomic E-state index is 12.6. The highest BCUT2D eigenvalue weighted by molar-refractivity contribution is 7.14. The van der Waals surface area contributed by atoms with Gasteiger partial charge in [0, 0.05) is 18.0 Å². The number of rotatable bonds is 5. The molecular formula is C18H17ClN2O5S. The summed E-state index contributed by atoms with van der Waals surface area (Å²) in [4.78, 5) is 38.3. The lowest BCUT2D eigenvalue weighted by molar-refractivity contribution is -0.122. The van der Waals surface area contributed by atoms with Crippen molar-refractivity contribution < 1.29 is 23.9 Å². The molecular weight excluding hydrogens is 392 g/mol. The van der Waals surface area contributed by atoms with E-state index in [2.05, 4.69) is 5.32 Å². The standard InChI is InChI=1S/C18H17ClN2O5S/c1-25-14-4-3-11(19)8-13(14)21-9-10(7-15(21)22)16(23)20-17-12(5-6-27-17)18(24)26-2/h3-6,8,10H,7,9H2,1-2H3,(H,20,23)/t10-/m0/s1. The number of hydrogen-bond donors (Lipinski definition) is 1. The summed E-state index contributed by atoms with van der Waals surface area (Å²) in [5.74, 6) is -1.12. The Kier molecular flexibility index (Phi) is 5.67. The highest BCUT2D eigenvalue weighted by Crippen LogP contribution is 2.35. The SMILES string of the molecule is COC(=O)c1ccsc1NC(=O)[C@H]1CC(=O)N(c2cc(Cl)ccc2OC)C1. The van der Waals surface area contributed by atoms with Crippen molar-refractivity contribution in [1.29, 1.82) is 0 Å². The van der Waals surface area contributed by atoms with Gasteiger partial charge in [-0.1, -0.05) is 11.6 Å². The summed E-state index contributed by atoms with van der Waals surface area (Å²) in [5.41, 5.74) is 0.810. The summed E-state index contributed by atoms with van der Waals surface area (Å²) in [6.07, 6.45) is 0.0560. The summed E-state index contributed by atoms with van der Waals surface area (Å²) in [5, 5.41) is 5.27. The van der Waals surface area contributed by atoms with Crippen LogP contribution < -0.4 is 15.0 Å². The van der Waals surface area contributed by atoms with E-state index in [1.54, 1.807) is 29.6 Å². The number of esters is 1. The molecule has 2 aromatic rings. The lowest BCUT2D eigenvalue weighted by atomic mass is 10.1. The number of methoxy groups -OCH3 is 2. The zero-order valence-electron chi connectivity index (χ0n) is 14.7. The molecule has 1 aromatic carbocycles. The minimum atomic E-state index is -0.561. The van der Waals surface area contributed by atoms with Crippen LogP contribution >= 0.6 is 22.9 Å². The van der Waals surface area contributed by atoms with E-state index in [1.807, 2.05) is 0 Å². The maximum atomic E-state index is 12.6. The van der Waals surface area contributed by atoms with E-state index in [-0.39, 0.29) is 30.3 Å². The third-order valence-electron chi connectivity index (χ3n) is 4.23. The molecule has 1 saturated heterocycles. The minimum absolute atomic E-state index is 0.0560. The highest BCUT2D eigenvalue weighted by Gasteiger charge is 2.37. The van der Waals surface area contributed by atoms with Crippen LogP contribution in [0.3, 0.4) is 0 Å². The number of anilines is 2. The average molecular weight is 409 g/mol. The number of thiophene rings is 1. The normalized spacial score (nSPS) is 16.3. The number of hydrogen-bond acceptors (Lipinski definition) is 6. The zero-order valence-corrected chi connectivity index (χ0v) is 16.2. The van der Waals surface area contributed by atoms with Crippen LogP contribution in [0, 0.1) is 5.92 Å². The molecule has 0 radical (unpaired) electrons. The Hall–Kier alpha value is -2.58. The third kappa shape index (κ3) is 3.91. The molecule has 2 heterocycles. The fourth-order valence-corrected chi connectivity index (χ4v) is 3.83. The fourth-order valence-electron chi connectivity index (χ4n) is 2.88. The lowest BCUT2D eigenvalue weighted by Crippen LogP contribution is -2.28. The first-order valence-corrected chi connectivity index (χ1v) is 9.31. The molecule has 0 spiro atoms. The Bertz CT molecular complexity index is 898. The number of carbonyl (C=O) groups excluding carboxylic acids is 3. The van der Waals surface area contributed by atoms with Crippen molar-refractivity contribution in [2.45, 2.75) is 6.42 Å². The topological polar surface area (TPSA) is 84.9 Å². The van der Waals surface area contributed by atoms with Gasteiger partial charge in [-0.25, -0.2) is 4.79 Å². The number of carbonyl (C=O) groups is 3. The van der Waals surface area contributed by atoms with Gasteiger partial charge in [0.15, 0.2) is 0 Å². The van der Waals surface area contributed by atoms with Crippen LogP contribution in [0.2, 0.25) is 5.02 Å². The number of ether oxygens (including phenoxy) is 2. The molecule has 1 fully saturated rings. The van der Waals surface area contributed by atoms with Gasteiger partial charge >= 0.3 is 5.97 Å². The summed E-state index contributed by atoms with van der Waals surface area (Å²) >= 11 is 7.26. The van der Waals surface area contributed by atoms with E-state index in [1.165, 1.54) is 30.5 Å². The Morgan fingerprint density at radius 1 is 1.30 bits per heavy atom. The molecule has 27 heavy (non-hydrogen) atoms. The molecule has 0 saturated carbocycles. The van der Waals surface area contributed by atoms with E-state index in [4.69, 9.17) is 21.1 Å². The summed E-state index contributed by atoms with van der Waals surface area (Å²) in [7, 11) is 2.78.